The number of fused-ring (bicyclic) bond motifs is 3. The number of aryl methyl sites for hydroxylation is 1. The van der Waals surface area contributed by atoms with Gasteiger partial charge in [0.15, 0.2) is 5.69 Å². The van der Waals surface area contributed by atoms with Gasteiger partial charge in [-0.1, -0.05) is 12.1 Å². The largest absolute Gasteiger partial charge is 0.393 e. The molecule has 8 heteroatoms. The van der Waals surface area contributed by atoms with Crippen molar-refractivity contribution in [1.29, 1.82) is 0 Å². The Kier molecular flexibility index (Phi) is 5.86. The second-order valence-corrected chi connectivity index (χ2v) is 12.2. The Balaban J connectivity index is 1.17. The highest BCUT2D eigenvalue weighted by atomic mass is 16.3. The van der Waals surface area contributed by atoms with Gasteiger partial charge in [0.05, 0.1) is 6.10 Å². The van der Waals surface area contributed by atoms with Crippen LogP contribution >= 0.6 is 0 Å². The van der Waals surface area contributed by atoms with Crippen LogP contribution in [0.3, 0.4) is 0 Å². The van der Waals surface area contributed by atoms with Crippen molar-refractivity contribution in [3.63, 3.8) is 0 Å². The van der Waals surface area contributed by atoms with E-state index in [4.69, 9.17) is 5.10 Å². The summed E-state index contributed by atoms with van der Waals surface area (Å²) in [5, 5.41) is 14.9. The Bertz CT molecular complexity index is 1240. The number of anilines is 1. The van der Waals surface area contributed by atoms with Crippen LogP contribution in [0.15, 0.2) is 18.2 Å². The molecule has 2 aromatic rings. The van der Waals surface area contributed by atoms with Crippen molar-refractivity contribution in [2.24, 2.45) is 5.92 Å². The van der Waals surface area contributed by atoms with Gasteiger partial charge in [-0.2, -0.15) is 5.10 Å². The van der Waals surface area contributed by atoms with E-state index in [0.717, 1.165) is 37.2 Å². The molecule has 0 bridgehead atoms. The molecule has 0 spiro atoms. The van der Waals surface area contributed by atoms with Gasteiger partial charge in [-0.25, -0.2) is 0 Å². The fourth-order valence-electron chi connectivity index (χ4n) is 6.86. The van der Waals surface area contributed by atoms with Crippen LogP contribution in [0, 0.1) is 19.8 Å². The van der Waals surface area contributed by atoms with Crippen LogP contribution in [-0.4, -0.2) is 80.9 Å². The standard InChI is InChI=1S/C29H39N5O3/c1-18-6-5-7-23(19(18)2)31-10-12-32(13-11-31)25(36)17-34-24-15-20-14-22(20)26(24)27(30-34)28(37)33-9-8-21(35)16-29(33,3)4/h5-7,20-22,35H,8-17H2,1-4H3/t20-,21?,22-/m1/s1. The molecule has 2 saturated heterocycles. The zero-order valence-corrected chi connectivity index (χ0v) is 22.5. The van der Waals surface area contributed by atoms with E-state index in [0.29, 0.717) is 50.0 Å². The summed E-state index contributed by atoms with van der Waals surface area (Å²) in [6.07, 6.45) is 2.82. The van der Waals surface area contributed by atoms with E-state index < -0.39 is 5.54 Å². The zero-order chi connectivity index (χ0) is 26.1. The van der Waals surface area contributed by atoms with E-state index in [1.54, 1.807) is 0 Å². The summed E-state index contributed by atoms with van der Waals surface area (Å²) in [6, 6.07) is 6.41. The Morgan fingerprint density at radius 3 is 2.59 bits per heavy atom. The molecule has 1 N–H and O–H groups in total. The van der Waals surface area contributed by atoms with Crippen molar-refractivity contribution in [2.45, 2.75) is 77.5 Å². The van der Waals surface area contributed by atoms with Crippen molar-refractivity contribution in [1.82, 2.24) is 19.6 Å². The molecule has 0 radical (unpaired) electrons. The Morgan fingerprint density at radius 1 is 1.11 bits per heavy atom. The number of carbonyl (C=O) groups excluding carboxylic acids is 2. The highest BCUT2D eigenvalue weighted by Gasteiger charge is 2.51. The smallest absolute Gasteiger partial charge is 0.275 e. The number of nitrogens with zero attached hydrogens (tertiary/aromatic N) is 5. The first-order chi connectivity index (χ1) is 17.6. The molecular weight excluding hydrogens is 466 g/mol. The number of aromatic nitrogens is 2. The van der Waals surface area contributed by atoms with Gasteiger partial charge in [-0.15, -0.1) is 0 Å². The molecule has 4 aliphatic rings. The zero-order valence-electron chi connectivity index (χ0n) is 22.5. The molecule has 2 aliphatic heterocycles. The molecule has 1 aromatic heterocycles. The SMILES string of the molecule is Cc1cccc(N2CCN(C(=O)Cn3nc(C(=O)N4CCC(O)CC4(C)C)c4c3C[C@H]3C[C@@H]43)CC2)c1C. The highest BCUT2D eigenvalue weighted by molar-refractivity contribution is 5.95. The van der Waals surface area contributed by atoms with E-state index >= 15 is 0 Å². The summed E-state index contributed by atoms with van der Waals surface area (Å²) < 4.78 is 1.83. The lowest BCUT2D eigenvalue weighted by molar-refractivity contribution is -0.132. The second kappa shape index (κ2) is 8.86. The predicted octanol–water partition coefficient (Wildman–Crippen LogP) is 2.88. The Labute approximate surface area is 219 Å². The number of piperidine rings is 1. The molecule has 198 valence electrons. The van der Waals surface area contributed by atoms with Crippen molar-refractivity contribution in [3.8, 4) is 0 Å². The van der Waals surface area contributed by atoms with Crippen molar-refractivity contribution < 1.29 is 14.7 Å². The molecule has 1 saturated carbocycles. The monoisotopic (exact) mass is 505 g/mol. The topological polar surface area (TPSA) is 81.9 Å². The summed E-state index contributed by atoms with van der Waals surface area (Å²) >= 11 is 0. The summed E-state index contributed by atoms with van der Waals surface area (Å²) in [4.78, 5) is 33.3. The molecule has 1 aromatic carbocycles. The number of amides is 2. The lowest BCUT2D eigenvalue weighted by atomic mass is 9.88. The third-order valence-corrected chi connectivity index (χ3v) is 9.28. The molecule has 3 heterocycles. The molecule has 2 amide bonds. The van der Waals surface area contributed by atoms with Crippen LogP contribution < -0.4 is 4.90 Å². The fraction of sp³-hybridized carbons (Fsp3) is 0.621. The molecular formula is C29H39N5O3. The number of hydrogen-bond donors (Lipinski definition) is 1. The second-order valence-electron chi connectivity index (χ2n) is 12.2. The van der Waals surface area contributed by atoms with Crippen LogP contribution in [0.5, 0.6) is 0 Å². The first-order valence-corrected chi connectivity index (χ1v) is 13.8. The first-order valence-electron chi connectivity index (χ1n) is 13.8. The minimum absolute atomic E-state index is 0.0472. The number of hydrogen-bond acceptors (Lipinski definition) is 5. The van der Waals surface area contributed by atoms with Gasteiger partial charge >= 0.3 is 0 Å². The van der Waals surface area contributed by atoms with Gasteiger partial charge in [0, 0.05) is 55.2 Å². The first kappa shape index (κ1) is 24.5. The minimum atomic E-state index is -0.419. The molecule has 2 aliphatic carbocycles. The van der Waals surface area contributed by atoms with Crippen LogP contribution in [0.2, 0.25) is 0 Å². The number of carbonyl (C=O) groups is 2. The van der Waals surface area contributed by atoms with E-state index in [1.807, 2.05) is 28.3 Å². The number of benzene rings is 1. The maximum atomic E-state index is 13.7. The summed E-state index contributed by atoms with van der Waals surface area (Å²) in [5.74, 6) is 1.04. The number of piperazine rings is 1. The molecule has 3 atom stereocenters. The van der Waals surface area contributed by atoms with Crippen LogP contribution in [0.1, 0.15) is 71.9 Å². The average molecular weight is 506 g/mol. The molecule has 3 fully saturated rings. The van der Waals surface area contributed by atoms with Crippen molar-refractivity contribution in [2.75, 3.05) is 37.6 Å². The Morgan fingerprint density at radius 2 is 1.86 bits per heavy atom. The lowest BCUT2D eigenvalue weighted by Crippen LogP contribution is -2.54. The van der Waals surface area contributed by atoms with E-state index in [2.05, 4.69) is 36.9 Å². The molecule has 37 heavy (non-hydrogen) atoms. The van der Waals surface area contributed by atoms with Crippen LogP contribution in [0.4, 0.5) is 5.69 Å². The summed E-state index contributed by atoms with van der Waals surface area (Å²) in [7, 11) is 0. The van der Waals surface area contributed by atoms with E-state index in [1.165, 1.54) is 16.8 Å². The number of aliphatic hydroxyl groups excluding tert-OH is 1. The number of aliphatic hydroxyl groups is 1. The third kappa shape index (κ3) is 4.23. The van der Waals surface area contributed by atoms with E-state index in [9.17, 15) is 14.7 Å². The quantitative estimate of drug-likeness (QED) is 0.691. The van der Waals surface area contributed by atoms with Gasteiger partial charge in [-0.05, 0) is 82.4 Å². The lowest BCUT2D eigenvalue weighted by Gasteiger charge is -2.44. The summed E-state index contributed by atoms with van der Waals surface area (Å²) in [6.45, 7) is 12.1. The van der Waals surface area contributed by atoms with Crippen molar-refractivity contribution in [3.05, 3.63) is 46.3 Å². The maximum absolute atomic E-state index is 13.7. The molecule has 1 unspecified atom stereocenters. The third-order valence-electron chi connectivity index (χ3n) is 9.28. The van der Waals surface area contributed by atoms with Gasteiger partial charge in [0.1, 0.15) is 6.54 Å². The highest BCUT2D eigenvalue weighted by Crippen LogP contribution is 2.57. The molecule has 6 rings (SSSR count). The molecule has 8 nitrogen and oxygen atoms in total. The van der Waals surface area contributed by atoms with Gasteiger partial charge in [0.25, 0.3) is 5.91 Å². The van der Waals surface area contributed by atoms with Gasteiger partial charge in [-0.3, -0.25) is 14.3 Å². The van der Waals surface area contributed by atoms with Crippen molar-refractivity contribution >= 4 is 17.5 Å². The Hall–Kier alpha value is -2.87. The normalized spacial score (nSPS) is 26.2. The maximum Gasteiger partial charge on any atom is 0.275 e. The van der Waals surface area contributed by atoms with Crippen LogP contribution in [0.25, 0.3) is 0 Å². The number of likely N-dealkylation sites (tertiary alicyclic amines) is 1. The number of rotatable bonds is 4. The minimum Gasteiger partial charge on any atom is -0.393 e. The van der Waals surface area contributed by atoms with Gasteiger partial charge in [0.2, 0.25) is 5.91 Å². The van der Waals surface area contributed by atoms with E-state index in [-0.39, 0.29) is 24.5 Å². The predicted molar refractivity (Wildman–Crippen MR) is 142 cm³/mol. The summed E-state index contributed by atoms with van der Waals surface area (Å²) in [5.41, 5.74) is 6.14. The fourth-order valence-corrected chi connectivity index (χ4v) is 6.86. The van der Waals surface area contributed by atoms with Crippen LogP contribution in [-0.2, 0) is 17.8 Å². The van der Waals surface area contributed by atoms with Gasteiger partial charge < -0.3 is 19.8 Å². The average Bonchev–Trinajstić information content (AvgIpc) is 3.38.